The Kier molecular flexibility index (Phi) is 5.53. The van der Waals surface area contributed by atoms with Gasteiger partial charge in [-0.25, -0.2) is 0 Å². The standard InChI is InChI=1S/C16H28N4O/c1-5-13-9-14(20(6-2)17-13)10-16(21)11-15-12-18(3)7-8-19(15)4/h9,15H,5-8,10-12H2,1-4H3. The Morgan fingerprint density at radius 2 is 2.10 bits per heavy atom. The van der Waals surface area contributed by atoms with Crippen LogP contribution in [0.2, 0.25) is 0 Å². The number of piperazine rings is 1. The van der Waals surface area contributed by atoms with Crippen LogP contribution in [0.4, 0.5) is 0 Å². The molecule has 2 heterocycles. The Morgan fingerprint density at radius 3 is 2.76 bits per heavy atom. The number of ketones is 1. The minimum atomic E-state index is 0.319. The van der Waals surface area contributed by atoms with Crippen LogP contribution >= 0.6 is 0 Å². The second-order valence-corrected chi connectivity index (χ2v) is 6.11. The Morgan fingerprint density at radius 1 is 1.33 bits per heavy atom. The molecule has 2 rings (SSSR count). The van der Waals surface area contributed by atoms with Gasteiger partial charge in [0.15, 0.2) is 0 Å². The summed E-state index contributed by atoms with van der Waals surface area (Å²) in [6, 6.07) is 2.43. The lowest BCUT2D eigenvalue weighted by Gasteiger charge is -2.37. The predicted octanol–water partition coefficient (Wildman–Crippen LogP) is 1.21. The van der Waals surface area contributed by atoms with Crippen LogP contribution in [0.15, 0.2) is 6.07 Å². The van der Waals surface area contributed by atoms with Gasteiger partial charge in [-0.05, 0) is 33.5 Å². The van der Waals surface area contributed by atoms with Crippen molar-refractivity contribution in [3.05, 3.63) is 17.5 Å². The zero-order chi connectivity index (χ0) is 15.4. The highest BCUT2D eigenvalue weighted by Gasteiger charge is 2.24. The lowest BCUT2D eigenvalue weighted by atomic mass is 10.0. The van der Waals surface area contributed by atoms with Gasteiger partial charge in [0.1, 0.15) is 5.78 Å². The summed E-state index contributed by atoms with van der Waals surface area (Å²) in [5.41, 5.74) is 2.14. The molecule has 21 heavy (non-hydrogen) atoms. The lowest BCUT2D eigenvalue weighted by Crippen LogP contribution is -2.50. The Bertz CT molecular complexity index is 483. The summed E-state index contributed by atoms with van der Waals surface area (Å²) in [5.74, 6) is 0.319. The Labute approximate surface area is 127 Å². The summed E-state index contributed by atoms with van der Waals surface area (Å²) in [7, 11) is 4.25. The van der Waals surface area contributed by atoms with E-state index < -0.39 is 0 Å². The van der Waals surface area contributed by atoms with E-state index in [0.29, 0.717) is 24.7 Å². The van der Waals surface area contributed by atoms with Crippen LogP contribution in [0.25, 0.3) is 0 Å². The molecule has 1 aliphatic rings. The van der Waals surface area contributed by atoms with Crippen LogP contribution < -0.4 is 0 Å². The predicted molar refractivity (Wildman–Crippen MR) is 84.5 cm³/mol. The number of carbonyl (C=O) groups excluding carboxylic acids is 1. The summed E-state index contributed by atoms with van der Waals surface area (Å²) in [4.78, 5) is 17.0. The van der Waals surface area contributed by atoms with Gasteiger partial charge in [0.05, 0.1) is 5.69 Å². The fraction of sp³-hybridized carbons (Fsp3) is 0.750. The molecule has 1 aliphatic heterocycles. The largest absolute Gasteiger partial charge is 0.304 e. The van der Waals surface area contributed by atoms with Crippen molar-refractivity contribution >= 4 is 5.78 Å². The third-order valence-corrected chi connectivity index (χ3v) is 4.40. The number of Topliss-reactive ketones (excluding diaryl/α,β-unsaturated/α-hetero) is 1. The first-order valence-electron chi connectivity index (χ1n) is 7.99. The van der Waals surface area contributed by atoms with Crippen LogP contribution in [0.3, 0.4) is 0 Å². The van der Waals surface area contributed by atoms with E-state index in [0.717, 1.165) is 44.0 Å². The highest BCUT2D eigenvalue weighted by Crippen LogP contribution is 2.13. The number of hydrogen-bond acceptors (Lipinski definition) is 4. The molecule has 0 radical (unpaired) electrons. The normalized spacial score (nSPS) is 20.9. The topological polar surface area (TPSA) is 41.4 Å². The van der Waals surface area contributed by atoms with E-state index in [-0.39, 0.29) is 0 Å². The molecular weight excluding hydrogens is 264 g/mol. The quantitative estimate of drug-likeness (QED) is 0.790. The molecule has 0 bridgehead atoms. The van der Waals surface area contributed by atoms with Crippen molar-refractivity contribution in [2.75, 3.05) is 33.7 Å². The van der Waals surface area contributed by atoms with Gasteiger partial charge in [-0.15, -0.1) is 0 Å². The molecule has 0 saturated carbocycles. The third kappa shape index (κ3) is 4.14. The van der Waals surface area contributed by atoms with Gasteiger partial charge in [0.2, 0.25) is 0 Å². The van der Waals surface area contributed by atoms with Crippen LogP contribution in [0, 0.1) is 0 Å². The van der Waals surface area contributed by atoms with Crippen molar-refractivity contribution in [3.8, 4) is 0 Å². The van der Waals surface area contributed by atoms with Crippen molar-refractivity contribution in [3.63, 3.8) is 0 Å². The van der Waals surface area contributed by atoms with E-state index >= 15 is 0 Å². The zero-order valence-corrected chi connectivity index (χ0v) is 13.8. The minimum absolute atomic E-state index is 0.319. The number of rotatable bonds is 6. The van der Waals surface area contributed by atoms with Crippen molar-refractivity contribution in [2.24, 2.45) is 0 Å². The van der Waals surface area contributed by atoms with Gasteiger partial charge in [-0.2, -0.15) is 5.10 Å². The van der Waals surface area contributed by atoms with Gasteiger partial charge >= 0.3 is 0 Å². The molecule has 1 fully saturated rings. The molecule has 5 nitrogen and oxygen atoms in total. The summed E-state index contributed by atoms with van der Waals surface area (Å²) in [6.07, 6.45) is 2.07. The van der Waals surface area contributed by atoms with Gasteiger partial charge < -0.3 is 9.80 Å². The van der Waals surface area contributed by atoms with Crippen molar-refractivity contribution in [2.45, 2.75) is 45.7 Å². The molecule has 5 heteroatoms. The molecule has 118 valence electrons. The van der Waals surface area contributed by atoms with Gasteiger partial charge in [-0.3, -0.25) is 9.48 Å². The van der Waals surface area contributed by atoms with Crippen molar-refractivity contribution < 1.29 is 4.79 Å². The number of nitrogens with zero attached hydrogens (tertiary/aromatic N) is 4. The molecule has 1 aromatic rings. The van der Waals surface area contributed by atoms with Gasteiger partial charge in [0.25, 0.3) is 0 Å². The number of aromatic nitrogens is 2. The number of hydrogen-bond donors (Lipinski definition) is 0. The smallest absolute Gasteiger partial charge is 0.140 e. The lowest BCUT2D eigenvalue weighted by molar-refractivity contribution is -0.120. The molecule has 0 aliphatic carbocycles. The number of carbonyl (C=O) groups is 1. The molecule has 1 unspecified atom stereocenters. The zero-order valence-electron chi connectivity index (χ0n) is 13.8. The summed E-state index contributed by atoms with van der Waals surface area (Å²) in [5, 5.41) is 4.52. The highest BCUT2D eigenvalue weighted by atomic mass is 16.1. The molecule has 0 amide bonds. The fourth-order valence-corrected chi connectivity index (χ4v) is 2.96. The summed E-state index contributed by atoms with van der Waals surface area (Å²) < 4.78 is 1.97. The van der Waals surface area contributed by atoms with Crippen molar-refractivity contribution in [1.82, 2.24) is 19.6 Å². The van der Waals surface area contributed by atoms with Crippen LogP contribution in [-0.4, -0.2) is 65.1 Å². The maximum atomic E-state index is 12.4. The Balaban J connectivity index is 1.96. The first-order chi connectivity index (χ1) is 10.0. The van der Waals surface area contributed by atoms with E-state index in [1.54, 1.807) is 0 Å². The average Bonchev–Trinajstić information content (AvgIpc) is 2.85. The van der Waals surface area contributed by atoms with E-state index in [1.807, 2.05) is 4.68 Å². The number of likely N-dealkylation sites (N-methyl/N-ethyl adjacent to an activating group) is 2. The first-order valence-corrected chi connectivity index (χ1v) is 7.99. The first kappa shape index (κ1) is 16.2. The van der Waals surface area contributed by atoms with Gasteiger partial charge in [0, 0.05) is 50.8 Å². The van der Waals surface area contributed by atoms with E-state index in [9.17, 15) is 4.79 Å². The monoisotopic (exact) mass is 292 g/mol. The average molecular weight is 292 g/mol. The summed E-state index contributed by atoms with van der Waals surface area (Å²) >= 11 is 0. The maximum Gasteiger partial charge on any atom is 0.140 e. The second-order valence-electron chi connectivity index (χ2n) is 6.11. The SMILES string of the molecule is CCc1cc(CC(=O)CC2CN(C)CCN2C)n(CC)n1. The van der Waals surface area contributed by atoms with E-state index in [1.165, 1.54) is 0 Å². The molecule has 1 saturated heterocycles. The highest BCUT2D eigenvalue weighted by molar-refractivity contribution is 5.81. The van der Waals surface area contributed by atoms with Crippen molar-refractivity contribution in [1.29, 1.82) is 0 Å². The molecule has 1 atom stereocenters. The fourth-order valence-electron chi connectivity index (χ4n) is 2.96. The van der Waals surface area contributed by atoms with Crippen LogP contribution in [-0.2, 0) is 24.2 Å². The minimum Gasteiger partial charge on any atom is -0.304 e. The maximum absolute atomic E-state index is 12.4. The second kappa shape index (κ2) is 7.18. The molecule has 0 spiro atoms. The molecule has 0 aromatic carbocycles. The van der Waals surface area contributed by atoms with E-state index in [2.05, 4.69) is 48.9 Å². The molecular formula is C16H28N4O. The molecule has 1 aromatic heterocycles. The third-order valence-electron chi connectivity index (χ3n) is 4.40. The Hall–Kier alpha value is -1.20. The van der Waals surface area contributed by atoms with Crippen LogP contribution in [0.1, 0.15) is 31.7 Å². The number of aryl methyl sites for hydroxylation is 2. The molecule has 0 N–H and O–H groups in total. The summed E-state index contributed by atoms with van der Waals surface area (Å²) in [6.45, 7) is 8.11. The van der Waals surface area contributed by atoms with E-state index in [4.69, 9.17) is 0 Å². The van der Waals surface area contributed by atoms with Crippen LogP contribution in [0.5, 0.6) is 0 Å². The van der Waals surface area contributed by atoms with Gasteiger partial charge in [-0.1, -0.05) is 6.92 Å².